The molecule has 0 radical (unpaired) electrons. The second-order valence-electron chi connectivity index (χ2n) is 6.96. The highest BCUT2D eigenvalue weighted by Gasteiger charge is 2.25. The molecule has 3 rings (SSSR count). The summed E-state index contributed by atoms with van der Waals surface area (Å²) in [7, 11) is -1.16. The van der Waals surface area contributed by atoms with Gasteiger partial charge in [-0.1, -0.05) is 10.9 Å². The number of hydroxylamine groups is 1. The summed E-state index contributed by atoms with van der Waals surface area (Å²) in [5, 5.41) is 2.95. The molecule has 29 heavy (non-hydrogen) atoms. The molecule has 1 fully saturated rings. The maximum Gasteiger partial charge on any atom is 0.264 e. The second kappa shape index (κ2) is 9.53. The first-order valence-electron chi connectivity index (χ1n) is 9.62. The highest BCUT2D eigenvalue weighted by molar-refractivity contribution is 7.89. The Hall–Kier alpha value is -2.20. The molecule has 2 heterocycles. The Bertz CT molecular complexity index is 891. The van der Waals surface area contributed by atoms with Gasteiger partial charge in [0.25, 0.3) is 15.9 Å². The van der Waals surface area contributed by atoms with Gasteiger partial charge in [-0.15, -0.1) is 0 Å². The van der Waals surface area contributed by atoms with Gasteiger partial charge in [-0.3, -0.25) is 14.5 Å². The van der Waals surface area contributed by atoms with Crippen LogP contribution in [-0.4, -0.2) is 57.5 Å². The molecule has 1 amide bonds. The van der Waals surface area contributed by atoms with Crippen molar-refractivity contribution in [1.82, 2.24) is 14.7 Å². The Morgan fingerprint density at radius 3 is 2.48 bits per heavy atom. The van der Waals surface area contributed by atoms with Crippen molar-refractivity contribution < 1.29 is 22.5 Å². The van der Waals surface area contributed by atoms with Crippen molar-refractivity contribution in [3.8, 4) is 0 Å². The number of sulfonamides is 1. The topological polar surface area (TPSA) is 92.1 Å². The first kappa shape index (κ1) is 21.5. The van der Waals surface area contributed by atoms with Crippen LogP contribution in [0.3, 0.4) is 0 Å². The molecule has 1 N–H and O–H groups in total. The zero-order valence-electron chi connectivity index (χ0n) is 16.7. The number of carbonyl (C=O) groups is 1. The minimum atomic E-state index is -3.74. The summed E-state index contributed by atoms with van der Waals surface area (Å²) in [6, 6.07) is 9.54. The van der Waals surface area contributed by atoms with Gasteiger partial charge in [0.15, 0.2) is 0 Å². The number of furan rings is 1. The highest BCUT2D eigenvalue weighted by Crippen LogP contribution is 2.24. The van der Waals surface area contributed by atoms with Crippen molar-refractivity contribution in [2.75, 3.05) is 33.8 Å². The van der Waals surface area contributed by atoms with Crippen LogP contribution in [0, 0.1) is 0 Å². The number of rotatable bonds is 8. The van der Waals surface area contributed by atoms with Crippen LogP contribution < -0.4 is 5.32 Å². The lowest BCUT2D eigenvalue weighted by Gasteiger charge is -2.33. The minimum Gasteiger partial charge on any atom is -0.468 e. The van der Waals surface area contributed by atoms with Crippen LogP contribution in [0.4, 0.5) is 0 Å². The van der Waals surface area contributed by atoms with Crippen LogP contribution >= 0.6 is 0 Å². The van der Waals surface area contributed by atoms with Crippen molar-refractivity contribution in [3.05, 3.63) is 54.0 Å². The first-order valence-corrected chi connectivity index (χ1v) is 11.1. The molecule has 1 saturated heterocycles. The second-order valence-corrected chi connectivity index (χ2v) is 8.90. The van der Waals surface area contributed by atoms with E-state index in [-0.39, 0.29) is 16.8 Å². The molecule has 0 saturated carbocycles. The number of amides is 1. The van der Waals surface area contributed by atoms with Crippen molar-refractivity contribution in [3.63, 3.8) is 0 Å². The fraction of sp³-hybridized carbons (Fsp3) is 0.450. The van der Waals surface area contributed by atoms with Crippen molar-refractivity contribution >= 4 is 15.9 Å². The number of nitrogens with one attached hydrogen (secondary N) is 1. The molecule has 1 aliphatic heterocycles. The average Bonchev–Trinajstić information content (AvgIpc) is 3.28. The van der Waals surface area contributed by atoms with Gasteiger partial charge in [0, 0.05) is 19.2 Å². The zero-order chi connectivity index (χ0) is 20.9. The minimum absolute atomic E-state index is 0.0238. The van der Waals surface area contributed by atoms with E-state index >= 15 is 0 Å². The molecular weight excluding hydrogens is 394 g/mol. The van der Waals surface area contributed by atoms with Gasteiger partial charge in [0.05, 0.1) is 24.3 Å². The molecule has 1 unspecified atom stereocenters. The lowest BCUT2D eigenvalue weighted by Crippen LogP contribution is -2.40. The Balaban J connectivity index is 1.67. The number of nitrogens with zero attached hydrogens (tertiary/aromatic N) is 2. The number of carbonyl (C=O) groups excluding carboxylic acids is 1. The van der Waals surface area contributed by atoms with E-state index in [1.165, 1.54) is 44.8 Å². The third-order valence-electron chi connectivity index (χ3n) is 5.17. The summed E-state index contributed by atoms with van der Waals surface area (Å²) < 4.78 is 30.9. The highest BCUT2D eigenvalue weighted by atomic mass is 32.2. The fourth-order valence-corrected chi connectivity index (χ4v) is 4.41. The summed E-state index contributed by atoms with van der Waals surface area (Å²) in [4.78, 5) is 19.8. The van der Waals surface area contributed by atoms with Gasteiger partial charge in [-0.05, 0) is 62.3 Å². The van der Waals surface area contributed by atoms with Gasteiger partial charge >= 0.3 is 0 Å². The Kier molecular flexibility index (Phi) is 7.07. The molecule has 1 atom stereocenters. The number of hydrogen-bond acceptors (Lipinski definition) is 6. The SMILES string of the molecule is CON(C)S(=O)(=O)c1ccc(C(=O)NCC(c2ccco2)N2CCCCC2)cc1. The lowest BCUT2D eigenvalue weighted by molar-refractivity contribution is -0.0258. The molecule has 0 bridgehead atoms. The van der Waals surface area contributed by atoms with E-state index in [1.54, 1.807) is 6.26 Å². The van der Waals surface area contributed by atoms with Crippen molar-refractivity contribution in [2.45, 2.75) is 30.2 Å². The van der Waals surface area contributed by atoms with Gasteiger partial charge in [0.2, 0.25) is 0 Å². The molecule has 8 nitrogen and oxygen atoms in total. The molecule has 1 aromatic carbocycles. The lowest BCUT2D eigenvalue weighted by atomic mass is 10.1. The van der Waals surface area contributed by atoms with Crippen molar-refractivity contribution in [2.24, 2.45) is 0 Å². The number of piperidine rings is 1. The standard InChI is InChI=1S/C20H27N3O5S/c1-22(27-2)29(25,26)17-10-8-16(9-11-17)20(24)21-15-18(19-7-6-14-28-19)23-12-4-3-5-13-23/h6-11,14,18H,3-5,12-13,15H2,1-2H3,(H,21,24). The molecule has 158 valence electrons. The van der Waals surface area contributed by atoms with Crippen LogP contribution in [0.5, 0.6) is 0 Å². The monoisotopic (exact) mass is 421 g/mol. The maximum atomic E-state index is 12.6. The van der Waals surface area contributed by atoms with Crippen LogP contribution in [0.15, 0.2) is 52.0 Å². The van der Waals surface area contributed by atoms with E-state index in [2.05, 4.69) is 10.2 Å². The van der Waals surface area contributed by atoms with E-state index in [0.29, 0.717) is 12.1 Å². The normalized spacial score (nSPS) is 16.7. The smallest absolute Gasteiger partial charge is 0.264 e. The van der Waals surface area contributed by atoms with E-state index in [0.717, 1.165) is 36.2 Å². The van der Waals surface area contributed by atoms with Crippen LogP contribution in [0.25, 0.3) is 0 Å². The van der Waals surface area contributed by atoms with Crippen LogP contribution in [0.1, 0.15) is 41.4 Å². The first-order chi connectivity index (χ1) is 13.9. The Morgan fingerprint density at radius 2 is 1.90 bits per heavy atom. The Morgan fingerprint density at radius 1 is 1.21 bits per heavy atom. The third kappa shape index (κ3) is 5.05. The van der Waals surface area contributed by atoms with Gasteiger partial charge in [0.1, 0.15) is 5.76 Å². The fourth-order valence-electron chi connectivity index (χ4n) is 3.44. The molecule has 0 aliphatic carbocycles. The maximum absolute atomic E-state index is 12.6. The number of benzene rings is 1. The summed E-state index contributed by atoms with van der Waals surface area (Å²) in [5.41, 5.74) is 0.390. The third-order valence-corrected chi connectivity index (χ3v) is 6.86. The molecule has 0 spiro atoms. The Labute approximate surface area is 171 Å². The van der Waals surface area contributed by atoms with Crippen LogP contribution in [0.2, 0.25) is 0 Å². The van der Waals surface area contributed by atoms with Crippen molar-refractivity contribution in [1.29, 1.82) is 0 Å². The number of hydrogen-bond donors (Lipinski definition) is 1. The molecule has 1 aliphatic rings. The molecule has 9 heteroatoms. The quantitative estimate of drug-likeness (QED) is 0.658. The van der Waals surface area contributed by atoms with E-state index in [9.17, 15) is 13.2 Å². The summed E-state index contributed by atoms with van der Waals surface area (Å²) in [6.45, 7) is 2.36. The predicted molar refractivity (Wildman–Crippen MR) is 108 cm³/mol. The average molecular weight is 422 g/mol. The van der Waals surface area contributed by atoms with Gasteiger partial charge < -0.3 is 9.73 Å². The molecule has 2 aromatic rings. The van der Waals surface area contributed by atoms with Gasteiger partial charge in [-0.2, -0.15) is 0 Å². The summed E-state index contributed by atoms with van der Waals surface area (Å²) in [6.07, 6.45) is 5.14. The van der Waals surface area contributed by atoms with Gasteiger partial charge in [-0.25, -0.2) is 8.42 Å². The predicted octanol–water partition coefficient (Wildman–Crippen LogP) is 2.42. The van der Waals surface area contributed by atoms with E-state index < -0.39 is 10.0 Å². The van der Waals surface area contributed by atoms with E-state index in [1.807, 2.05) is 12.1 Å². The summed E-state index contributed by atoms with van der Waals surface area (Å²) >= 11 is 0. The largest absolute Gasteiger partial charge is 0.468 e. The molecule has 1 aromatic heterocycles. The number of likely N-dealkylation sites (tertiary alicyclic amines) is 1. The summed E-state index contributed by atoms with van der Waals surface area (Å²) in [5.74, 6) is 0.568. The van der Waals surface area contributed by atoms with Crippen LogP contribution in [-0.2, 0) is 14.9 Å². The molecular formula is C20H27N3O5S. The van der Waals surface area contributed by atoms with E-state index in [4.69, 9.17) is 9.25 Å². The zero-order valence-corrected chi connectivity index (χ0v) is 17.5.